The standard InChI is InChI=1S/C14H22N2O4/c1-18-12-7-9(4-5-15)10(8-13(12)19-2)6-11(16)14(17)20-3/h7-8,11H,4-6,15-16H2,1-3H3/t11-/m0/s1. The Labute approximate surface area is 119 Å². The van der Waals surface area contributed by atoms with Crippen molar-refractivity contribution < 1.29 is 19.0 Å². The molecule has 20 heavy (non-hydrogen) atoms. The molecule has 0 aliphatic heterocycles. The van der Waals surface area contributed by atoms with Gasteiger partial charge in [-0.25, -0.2) is 0 Å². The van der Waals surface area contributed by atoms with Crippen LogP contribution in [0.5, 0.6) is 11.5 Å². The van der Waals surface area contributed by atoms with Gasteiger partial charge in [0.05, 0.1) is 21.3 Å². The van der Waals surface area contributed by atoms with Gasteiger partial charge in [-0.05, 0) is 42.6 Å². The Balaban J connectivity index is 3.11. The maximum atomic E-state index is 11.4. The molecule has 0 heterocycles. The summed E-state index contributed by atoms with van der Waals surface area (Å²) in [4.78, 5) is 11.4. The van der Waals surface area contributed by atoms with E-state index in [1.165, 1.54) is 7.11 Å². The van der Waals surface area contributed by atoms with E-state index in [0.717, 1.165) is 11.1 Å². The minimum absolute atomic E-state index is 0.363. The first-order valence-electron chi connectivity index (χ1n) is 6.34. The molecule has 0 saturated carbocycles. The average Bonchev–Trinajstić information content (AvgIpc) is 2.47. The van der Waals surface area contributed by atoms with Crippen LogP contribution >= 0.6 is 0 Å². The van der Waals surface area contributed by atoms with Crippen LogP contribution in [0.25, 0.3) is 0 Å². The van der Waals surface area contributed by atoms with E-state index in [0.29, 0.717) is 30.9 Å². The van der Waals surface area contributed by atoms with Gasteiger partial charge in [-0.2, -0.15) is 0 Å². The van der Waals surface area contributed by atoms with Gasteiger partial charge in [0.1, 0.15) is 6.04 Å². The molecule has 0 aliphatic rings. The van der Waals surface area contributed by atoms with Gasteiger partial charge < -0.3 is 25.7 Å². The largest absolute Gasteiger partial charge is 0.493 e. The SMILES string of the molecule is COC(=O)[C@@H](N)Cc1cc(OC)c(OC)cc1CCN. The Morgan fingerprint density at radius 2 is 1.70 bits per heavy atom. The molecule has 6 heteroatoms. The Morgan fingerprint density at radius 1 is 1.15 bits per heavy atom. The molecule has 112 valence electrons. The van der Waals surface area contributed by atoms with Crippen molar-refractivity contribution in [2.24, 2.45) is 11.5 Å². The van der Waals surface area contributed by atoms with Gasteiger partial charge in [0.15, 0.2) is 11.5 Å². The lowest BCUT2D eigenvalue weighted by Crippen LogP contribution is -2.34. The van der Waals surface area contributed by atoms with Gasteiger partial charge in [0, 0.05) is 0 Å². The molecule has 0 spiro atoms. The highest BCUT2D eigenvalue weighted by atomic mass is 16.5. The zero-order valence-corrected chi connectivity index (χ0v) is 12.1. The highest BCUT2D eigenvalue weighted by Crippen LogP contribution is 2.31. The van der Waals surface area contributed by atoms with E-state index in [1.54, 1.807) is 14.2 Å². The monoisotopic (exact) mass is 282 g/mol. The van der Waals surface area contributed by atoms with Crippen LogP contribution in [0.15, 0.2) is 12.1 Å². The topological polar surface area (TPSA) is 96.8 Å². The van der Waals surface area contributed by atoms with Gasteiger partial charge in [0.2, 0.25) is 0 Å². The summed E-state index contributed by atoms with van der Waals surface area (Å²) >= 11 is 0. The number of methoxy groups -OCH3 is 3. The molecular weight excluding hydrogens is 260 g/mol. The lowest BCUT2D eigenvalue weighted by atomic mass is 9.97. The van der Waals surface area contributed by atoms with Crippen LogP contribution in [0.4, 0.5) is 0 Å². The van der Waals surface area contributed by atoms with Crippen LogP contribution in [0.3, 0.4) is 0 Å². The number of carbonyl (C=O) groups excluding carboxylic acids is 1. The van der Waals surface area contributed by atoms with Crippen LogP contribution in [-0.4, -0.2) is 39.9 Å². The molecule has 0 unspecified atom stereocenters. The van der Waals surface area contributed by atoms with Gasteiger partial charge in [0.25, 0.3) is 0 Å². The van der Waals surface area contributed by atoms with E-state index < -0.39 is 12.0 Å². The quantitative estimate of drug-likeness (QED) is 0.696. The molecule has 0 saturated heterocycles. The van der Waals surface area contributed by atoms with Gasteiger partial charge >= 0.3 is 5.97 Å². The van der Waals surface area contributed by atoms with E-state index in [1.807, 2.05) is 12.1 Å². The summed E-state index contributed by atoms with van der Waals surface area (Å²) in [7, 11) is 4.45. The molecule has 0 aliphatic carbocycles. The number of benzene rings is 1. The molecule has 0 fully saturated rings. The van der Waals surface area contributed by atoms with Gasteiger partial charge in [-0.3, -0.25) is 4.79 Å². The lowest BCUT2D eigenvalue weighted by molar-refractivity contribution is -0.142. The highest BCUT2D eigenvalue weighted by molar-refractivity contribution is 5.75. The number of ether oxygens (including phenoxy) is 3. The van der Waals surface area contributed by atoms with Crippen molar-refractivity contribution in [3.05, 3.63) is 23.3 Å². The first-order valence-corrected chi connectivity index (χ1v) is 6.34. The van der Waals surface area contributed by atoms with Gasteiger partial charge in [-0.15, -0.1) is 0 Å². The fourth-order valence-corrected chi connectivity index (χ4v) is 2.01. The zero-order valence-electron chi connectivity index (χ0n) is 12.1. The number of hydrogen-bond donors (Lipinski definition) is 2. The molecule has 0 aromatic heterocycles. The minimum Gasteiger partial charge on any atom is -0.493 e. The second-order valence-corrected chi connectivity index (χ2v) is 4.35. The van der Waals surface area contributed by atoms with Crippen LogP contribution in [0, 0.1) is 0 Å². The van der Waals surface area contributed by atoms with Crippen molar-refractivity contribution in [3.8, 4) is 11.5 Å². The maximum absolute atomic E-state index is 11.4. The van der Waals surface area contributed by atoms with Crippen molar-refractivity contribution >= 4 is 5.97 Å². The molecular formula is C14H22N2O4. The first kappa shape index (κ1) is 16.3. The molecule has 1 aromatic carbocycles. The maximum Gasteiger partial charge on any atom is 0.322 e. The number of hydrogen-bond acceptors (Lipinski definition) is 6. The van der Waals surface area contributed by atoms with Crippen LogP contribution in [0.1, 0.15) is 11.1 Å². The highest BCUT2D eigenvalue weighted by Gasteiger charge is 2.18. The third-order valence-corrected chi connectivity index (χ3v) is 3.06. The second-order valence-electron chi connectivity index (χ2n) is 4.35. The third kappa shape index (κ3) is 3.85. The molecule has 0 radical (unpaired) electrons. The summed E-state index contributed by atoms with van der Waals surface area (Å²) < 4.78 is 15.2. The van der Waals surface area contributed by atoms with Crippen molar-refractivity contribution in [3.63, 3.8) is 0 Å². The minimum atomic E-state index is -0.713. The average molecular weight is 282 g/mol. The normalized spacial score (nSPS) is 11.8. The molecule has 1 atom stereocenters. The smallest absolute Gasteiger partial charge is 0.322 e. The lowest BCUT2D eigenvalue weighted by Gasteiger charge is -2.16. The Kier molecular flexibility index (Phi) is 6.27. The summed E-state index contributed by atoms with van der Waals surface area (Å²) in [5, 5.41) is 0. The van der Waals surface area contributed by atoms with Crippen LogP contribution in [0.2, 0.25) is 0 Å². The Hall–Kier alpha value is -1.79. The summed E-state index contributed by atoms with van der Waals surface area (Å²) in [6.45, 7) is 0.496. The third-order valence-electron chi connectivity index (χ3n) is 3.06. The molecule has 0 amide bonds. The molecule has 6 nitrogen and oxygen atoms in total. The first-order chi connectivity index (χ1) is 9.57. The fourth-order valence-electron chi connectivity index (χ4n) is 2.01. The second kappa shape index (κ2) is 7.72. The molecule has 1 rings (SSSR count). The molecule has 0 bridgehead atoms. The predicted molar refractivity (Wildman–Crippen MR) is 76.0 cm³/mol. The molecule has 1 aromatic rings. The summed E-state index contributed by atoms with van der Waals surface area (Å²) in [5.74, 6) is 0.783. The van der Waals surface area contributed by atoms with Crippen LogP contribution < -0.4 is 20.9 Å². The Morgan fingerprint density at radius 3 is 2.15 bits per heavy atom. The number of nitrogens with two attached hydrogens (primary N) is 2. The van der Waals surface area contributed by atoms with Crippen LogP contribution in [-0.2, 0) is 22.4 Å². The number of esters is 1. The van der Waals surface area contributed by atoms with Crippen molar-refractivity contribution in [2.45, 2.75) is 18.9 Å². The summed E-state index contributed by atoms with van der Waals surface area (Å²) in [6.07, 6.45) is 1.03. The van der Waals surface area contributed by atoms with E-state index >= 15 is 0 Å². The summed E-state index contributed by atoms with van der Waals surface area (Å²) in [6, 6.07) is 2.98. The predicted octanol–water partition coefficient (Wildman–Crippen LogP) is 0.248. The molecule has 4 N–H and O–H groups in total. The van der Waals surface area contributed by atoms with E-state index in [-0.39, 0.29) is 0 Å². The van der Waals surface area contributed by atoms with Gasteiger partial charge in [-0.1, -0.05) is 0 Å². The zero-order chi connectivity index (χ0) is 15.1. The van der Waals surface area contributed by atoms with Crippen molar-refractivity contribution in [1.29, 1.82) is 0 Å². The van der Waals surface area contributed by atoms with E-state index in [9.17, 15) is 4.79 Å². The summed E-state index contributed by atoms with van der Waals surface area (Å²) in [5.41, 5.74) is 13.3. The van der Waals surface area contributed by atoms with E-state index in [2.05, 4.69) is 4.74 Å². The number of rotatable bonds is 7. The van der Waals surface area contributed by atoms with Crippen molar-refractivity contribution in [2.75, 3.05) is 27.9 Å². The Bertz CT molecular complexity index is 463. The fraction of sp³-hybridized carbons (Fsp3) is 0.500. The number of carbonyl (C=O) groups is 1. The van der Waals surface area contributed by atoms with Crippen molar-refractivity contribution in [1.82, 2.24) is 0 Å². The van der Waals surface area contributed by atoms with E-state index in [4.69, 9.17) is 20.9 Å².